The van der Waals surface area contributed by atoms with Crippen molar-refractivity contribution in [2.75, 3.05) is 11.9 Å². The van der Waals surface area contributed by atoms with Gasteiger partial charge in [0.15, 0.2) is 23.3 Å². The Morgan fingerprint density at radius 1 is 1.11 bits per heavy atom. The van der Waals surface area contributed by atoms with Crippen LogP contribution in [0.15, 0.2) is 12.1 Å². The number of halogens is 5. The molecule has 0 radical (unpaired) electrons. The van der Waals surface area contributed by atoms with Crippen LogP contribution in [0.5, 0.6) is 0 Å². The molecule has 1 fully saturated rings. The van der Waals surface area contributed by atoms with Gasteiger partial charge in [-0.1, -0.05) is 0 Å². The minimum atomic E-state index is -2.26. The van der Waals surface area contributed by atoms with Gasteiger partial charge in [0, 0.05) is 15.8 Å². The number of anilines is 1. The largest absolute Gasteiger partial charge is 0.320 e. The van der Waals surface area contributed by atoms with Crippen LogP contribution >= 0.6 is 11.3 Å². The zero-order valence-corrected chi connectivity index (χ0v) is 15.4. The van der Waals surface area contributed by atoms with Gasteiger partial charge in [-0.05, 0) is 45.4 Å². The normalized spacial score (nSPS) is 18.7. The van der Waals surface area contributed by atoms with E-state index in [-0.39, 0.29) is 6.04 Å². The minimum absolute atomic E-state index is 0.0270. The molecule has 2 atom stereocenters. The number of hydrogen-bond donors (Lipinski definition) is 1. The Labute approximate surface area is 156 Å². The number of hydrogen-bond acceptors (Lipinski definition) is 3. The predicted octanol–water partition coefficient (Wildman–Crippen LogP) is 4.92. The van der Waals surface area contributed by atoms with Crippen LogP contribution in [-0.2, 0) is 4.79 Å². The zero-order chi connectivity index (χ0) is 19.9. The number of carbonyl (C=O) groups excluding carboxylic acids is 1. The highest BCUT2D eigenvalue weighted by Crippen LogP contribution is 2.37. The van der Waals surface area contributed by atoms with Crippen LogP contribution in [-0.4, -0.2) is 23.4 Å². The number of nitrogens with one attached hydrogen (secondary N) is 1. The summed E-state index contributed by atoms with van der Waals surface area (Å²) in [6.07, 6.45) is 1.65. The van der Waals surface area contributed by atoms with E-state index in [1.165, 1.54) is 0 Å². The third-order valence-corrected chi connectivity index (χ3v) is 5.82. The van der Waals surface area contributed by atoms with Crippen molar-refractivity contribution >= 4 is 22.9 Å². The Kier molecular flexibility index (Phi) is 5.53. The molecule has 3 nitrogen and oxygen atoms in total. The quantitative estimate of drug-likeness (QED) is 0.446. The molecule has 2 unspecified atom stereocenters. The van der Waals surface area contributed by atoms with Crippen molar-refractivity contribution in [2.24, 2.45) is 0 Å². The lowest BCUT2D eigenvalue weighted by molar-refractivity contribution is -0.121. The summed E-state index contributed by atoms with van der Waals surface area (Å²) >= 11 is 1.60. The van der Waals surface area contributed by atoms with Crippen LogP contribution in [0.1, 0.15) is 35.6 Å². The molecule has 0 bridgehead atoms. The third-order valence-electron chi connectivity index (χ3n) is 4.72. The molecule has 2 aromatic rings. The van der Waals surface area contributed by atoms with Crippen molar-refractivity contribution < 1.29 is 26.7 Å². The molecule has 1 aliphatic heterocycles. The summed E-state index contributed by atoms with van der Waals surface area (Å²) in [6, 6.07) is 3.10. The first kappa shape index (κ1) is 19.8. The second-order valence-corrected chi connectivity index (χ2v) is 7.77. The molecular weight excluding hydrogens is 387 g/mol. The lowest BCUT2D eigenvalue weighted by Crippen LogP contribution is -2.41. The number of rotatable bonds is 4. The standard InChI is InChI=1S/C18H17F5N2OS/c1-8-5-6-11(27-8)10-4-3-7-25(10)9(2)18(26)24-17-15(22)13(20)12(19)14(21)16(17)23/h5-6,9-10H,3-4,7H2,1-2H3,(H,24,26). The fourth-order valence-electron chi connectivity index (χ4n) is 3.28. The first-order chi connectivity index (χ1) is 12.7. The van der Waals surface area contributed by atoms with E-state index in [0.717, 1.165) is 22.6 Å². The molecule has 1 aromatic heterocycles. The van der Waals surface area contributed by atoms with Crippen molar-refractivity contribution in [3.63, 3.8) is 0 Å². The van der Waals surface area contributed by atoms with Crippen LogP contribution in [0.3, 0.4) is 0 Å². The Hall–Kier alpha value is -2.00. The molecule has 1 N–H and O–H groups in total. The lowest BCUT2D eigenvalue weighted by atomic mass is 10.1. The average molecular weight is 404 g/mol. The number of aryl methyl sites for hydroxylation is 1. The molecular formula is C18H17F5N2OS. The average Bonchev–Trinajstić information content (AvgIpc) is 3.29. The fraction of sp³-hybridized carbons (Fsp3) is 0.389. The first-order valence-electron chi connectivity index (χ1n) is 8.36. The second kappa shape index (κ2) is 7.55. The topological polar surface area (TPSA) is 32.3 Å². The molecule has 0 aliphatic carbocycles. The molecule has 1 amide bonds. The Balaban J connectivity index is 1.82. The highest BCUT2D eigenvalue weighted by atomic mass is 32.1. The van der Waals surface area contributed by atoms with Gasteiger partial charge in [0.2, 0.25) is 11.7 Å². The van der Waals surface area contributed by atoms with Crippen LogP contribution in [0.25, 0.3) is 0 Å². The van der Waals surface area contributed by atoms with Crippen molar-refractivity contribution in [1.82, 2.24) is 4.90 Å². The van der Waals surface area contributed by atoms with Gasteiger partial charge in [0.1, 0.15) is 5.69 Å². The van der Waals surface area contributed by atoms with Gasteiger partial charge >= 0.3 is 0 Å². The van der Waals surface area contributed by atoms with Crippen LogP contribution < -0.4 is 5.32 Å². The maximum atomic E-state index is 13.8. The fourth-order valence-corrected chi connectivity index (χ4v) is 4.32. The molecule has 146 valence electrons. The summed E-state index contributed by atoms with van der Waals surface area (Å²) in [4.78, 5) is 16.5. The zero-order valence-electron chi connectivity index (χ0n) is 14.6. The third kappa shape index (κ3) is 3.58. The maximum absolute atomic E-state index is 13.8. The van der Waals surface area contributed by atoms with E-state index in [1.807, 2.05) is 29.3 Å². The van der Waals surface area contributed by atoms with Crippen molar-refractivity contribution in [3.05, 3.63) is 51.0 Å². The van der Waals surface area contributed by atoms with Crippen molar-refractivity contribution in [1.29, 1.82) is 0 Å². The first-order valence-corrected chi connectivity index (χ1v) is 9.18. The summed E-state index contributed by atoms with van der Waals surface area (Å²) in [5.41, 5.74) is -1.33. The highest BCUT2D eigenvalue weighted by Gasteiger charge is 2.35. The lowest BCUT2D eigenvalue weighted by Gasteiger charge is -2.29. The number of likely N-dealkylation sites (tertiary alicyclic amines) is 1. The van der Waals surface area contributed by atoms with E-state index in [4.69, 9.17) is 0 Å². The molecule has 3 rings (SSSR count). The maximum Gasteiger partial charge on any atom is 0.241 e. The van der Waals surface area contributed by atoms with Crippen molar-refractivity contribution in [3.8, 4) is 0 Å². The Bertz CT molecular complexity index is 856. The van der Waals surface area contributed by atoms with Crippen LogP contribution in [0, 0.1) is 36.0 Å². The van der Waals surface area contributed by atoms with Gasteiger partial charge in [-0.3, -0.25) is 9.69 Å². The molecule has 2 heterocycles. The number of benzene rings is 1. The van der Waals surface area contributed by atoms with Crippen LogP contribution in [0.2, 0.25) is 0 Å². The van der Waals surface area contributed by atoms with Gasteiger partial charge in [-0.15, -0.1) is 11.3 Å². The van der Waals surface area contributed by atoms with Gasteiger partial charge in [-0.2, -0.15) is 0 Å². The number of thiophene rings is 1. The highest BCUT2D eigenvalue weighted by molar-refractivity contribution is 7.12. The SMILES string of the molecule is Cc1ccc(C2CCCN2C(C)C(=O)Nc2c(F)c(F)c(F)c(F)c2F)s1. The van der Waals surface area contributed by atoms with Gasteiger partial charge in [0.25, 0.3) is 0 Å². The van der Waals surface area contributed by atoms with Crippen LogP contribution in [0.4, 0.5) is 27.6 Å². The van der Waals surface area contributed by atoms with E-state index in [0.29, 0.717) is 6.54 Å². The van der Waals surface area contributed by atoms with Gasteiger partial charge in [-0.25, -0.2) is 22.0 Å². The summed E-state index contributed by atoms with van der Waals surface area (Å²) in [7, 11) is 0. The summed E-state index contributed by atoms with van der Waals surface area (Å²) < 4.78 is 67.4. The summed E-state index contributed by atoms with van der Waals surface area (Å²) in [5, 5.41) is 1.87. The van der Waals surface area contributed by atoms with Gasteiger partial charge in [0.05, 0.1) is 6.04 Å². The molecule has 0 saturated carbocycles. The molecule has 1 saturated heterocycles. The Morgan fingerprint density at radius 3 is 2.26 bits per heavy atom. The smallest absolute Gasteiger partial charge is 0.241 e. The summed E-state index contributed by atoms with van der Waals surface area (Å²) in [6.45, 7) is 4.10. The molecule has 1 aromatic carbocycles. The van der Waals surface area contributed by atoms with E-state index in [1.54, 1.807) is 18.3 Å². The van der Waals surface area contributed by atoms with Gasteiger partial charge < -0.3 is 5.32 Å². The van der Waals surface area contributed by atoms with E-state index in [9.17, 15) is 26.7 Å². The van der Waals surface area contributed by atoms with E-state index in [2.05, 4.69) is 0 Å². The predicted molar refractivity (Wildman–Crippen MR) is 92.1 cm³/mol. The molecule has 27 heavy (non-hydrogen) atoms. The molecule has 1 aliphatic rings. The number of amides is 1. The minimum Gasteiger partial charge on any atom is -0.320 e. The van der Waals surface area contributed by atoms with E-state index >= 15 is 0 Å². The summed E-state index contributed by atoms with van der Waals surface area (Å²) in [5.74, 6) is -11.4. The van der Waals surface area contributed by atoms with Crippen molar-refractivity contribution in [2.45, 2.75) is 38.8 Å². The number of carbonyl (C=O) groups is 1. The Morgan fingerprint density at radius 2 is 1.70 bits per heavy atom. The second-order valence-electron chi connectivity index (χ2n) is 6.45. The monoisotopic (exact) mass is 404 g/mol. The van der Waals surface area contributed by atoms with E-state index < -0.39 is 46.7 Å². The molecule has 0 spiro atoms. The molecule has 9 heteroatoms. The number of nitrogens with zero attached hydrogens (tertiary/aromatic N) is 1.